The Morgan fingerprint density at radius 2 is 1.92 bits per heavy atom. The number of hydrogen-bond acceptors (Lipinski definition) is 4. The predicted octanol–water partition coefficient (Wildman–Crippen LogP) is 4.58. The maximum Gasteiger partial charge on any atom is 0.335 e. The Kier molecular flexibility index (Phi) is 4.44. The SMILES string of the molecule is Cc1cc(C(=O)O)ccc1-c1ccc(C=Nc2ccc(C#N)cc2)o1. The average Bonchev–Trinajstić information content (AvgIpc) is 3.09. The molecular formula is C20H14N2O3. The van der Waals surface area contributed by atoms with Crippen molar-refractivity contribution in [3.63, 3.8) is 0 Å². The number of nitriles is 1. The van der Waals surface area contributed by atoms with Gasteiger partial charge in [-0.3, -0.25) is 4.99 Å². The molecule has 3 aromatic rings. The van der Waals surface area contributed by atoms with Gasteiger partial charge in [-0.25, -0.2) is 4.79 Å². The summed E-state index contributed by atoms with van der Waals surface area (Å²) in [6.07, 6.45) is 1.60. The van der Waals surface area contributed by atoms with E-state index in [0.717, 1.165) is 16.8 Å². The number of rotatable bonds is 4. The van der Waals surface area contributed by atoms with Gasteiger partial charge in [-0.15, -0.1) is 0 Å². The highest BCUT2D eigenvalue weighted by Crippen LogP contribution is 2.26. The molecule has 0 radical (unpaired) electrons. The molecular weight excluding hydrogens is 316 g/mol. The lowest BCUT2D eigenvalue weighted by molar-refractivity contribution is 0.0697. The molecule has 3 rings (SSSR count). The van der Waals surface area contributed by atoms with E-state index in [0.29, 0.717) is 17.1 Å². The van der Waals surface area contributed by atoms with Gasteiger partial charge in [0, 0.05) is 5.56 Å². The summed E-state index contributed by atoms with van der Waals surface area (Å²) < 4.78 is 5.77. The number of hydrogen-bond donors (Lipinski definition) is 1. The molecule has 5 nitrogen and oxygen atoms in total. The summed E-state index contributed by atoms with van der Waals surface area (Å²) in [4.78, 5) is 15.3. The first kappa shape index (κ1) is 16.2. The molecule has 0 unspecified atom stereocenters. The molecule has 0 aliphatic heterocycles. The zero-order chi connectivity index (χ0) is 17.8. The Balaban J connectivity index is 1.81. The van der Waals surface area contributed by atoms with Crippen molar-refractivity contribution in [1.29, 1.82) is 5.26 Å². The summed E-state index contributed by atoms with van der Waals surface area (Å²) in [5.74, 6) is 0.279. The van der Waals surface area contributed by atoms with Crippen molar-refractivity contribution in [3.05, 3.63) is 77.0 Å². The van der Waals surface area contributed by atoms with Crippen LogP contribution in [0.5, 0.6) is 0 Å². The van der Waals surface area contributed by atoms with Crippen LogP contribution in [0.1, 0.15) is 27.2 Å². The fourth-order valence-electron chi connectivity index (χ4n) is 2.40. The molecule has 0 amide bonds. The quantitative estimate of drug-likeness (QED) is 0.710. The van der Waals surface area contributed by atoms with Crippen molar-refractivity contribution < 1.29 is 14.3 Å². The first-order valence-electron chi connectivity index (χ1n) is 7.55. The van der Waals surface area contributed by atoms with E-state index in [-0.39, 0.29) is 5.56 Å². The summed E-state index contributed by atoms with van der Waals surface area (Å²) in [6, 6.07) is 17.5. The van der Waals surface area contributed by atoms with Crippen LogP contribution in [-0.4, -0.2) is 17.3 Å². The van der Waals surface area contributed by atoms with Crippen molar-refractivity contribution in [1.82, 2.24) is 0 Å². The molecule has 122 valence electrons. The molecule has 0 aliphatic carbocycles. The monoisotopic (exact) mass is 330 g/mol. The van der Waals surface area contributed by atoms with Gasteiger partial charge in [0.15, 0.2) is 0 Å². The first-order valence-corrected chi connectivity index (χ1v) is 7.55. The Morgan fingerprint density at radius 3 is 2.56 bits per heavy atom. The Bertz CT molecular complexity index is 993. The van der Waals surface area contributed by atoms with Crippen LogP contribution in [0.15, 0.2) is 64.0 Å². The normalized spacial score (nSPS) is 10.7. The second kappa shape index (κ2) is 6.85. The molecule has 25 heavy (non-hydrogen) atoms. The van der Waals surface area contributed by atoms with E-state index in [9.17, 15) is 4.79 Å². The van der Waals surface area contributed by atoms with Crippen LogP contribution in [0.3, 0.4) is 0 Å². The lowest BCUT2D eigenvalue weighted by Gasteiger charge is -2.03. The summed E-state index contributed by atoms with van der Waals surface area (Å²) in [5.41, 5.74) is 3.21. The van der Waals surface area contributed by atoms with Gasteiger partial charge in [0.1, 0.15) is 11.5 Å². The van der Waals surface area contributed by atoms with E-state index >= 15 is 0 Å². The molecule has 0 bridgehead atoms. The number of aromatic carboxylic acids is 1. The van der Waals surface area contributed by atoms with Crippen LogP contribution in [0.4, 0.5) is 5.69 Å². The zero-order valence-electron chi connectivity index (χ0n) is 13.4. The molecule has 0 aliphatic rings. The van der Waals surface area contributed by atoms with E-state index in [1.807, 2.05) is 13.0 Å². The lowest BCUT2D eigenvalue weighted by atomic mass is 10.0. The number of carbonyl (C=O) groups is 1. The molecule has 2 aromatic carbocycles. The van der Waals surface area contributed by atoms with Gasteiger partial charge in [0.05, 0.1) is 29.1 Å². The summed E-state index contributed by atoms with van der Waals surface area (Å²) in [6.45, 7) is 1.84. The number of aryl methyl sites for hydroxylation is 1. The Morgan fingerprint density at radius 1 is 1.16 bits per heavy atom. The molecule has 0 atom stereocenters. The fraction of sp³-hybridized carbons (Fsp3) is 0.0500. The highest BCUT2D eigenvalue weighted by molar-refractivity contribution is 5.89. The van der Waals surface area contributed by atoms with E-state index in [1.165, 1.54) is 0 Å². The van der Waals surface area contributed by atoms with Crippen molar-refractivity contribution in [2.45, 2.75) is 6.92 Å². The van der Waals surface area contributed by atoms with Crippen LogP contribution in [-0.2, 0) is 0 Å². The molecule has 0 saturated heterocycles. The number of carboxylic acid groups (broad SMARTS) is 1. The number of furan rings is 1. The van der Waals surface area contributed by atoms with E-state index < -0.39 is 5.97 Å². The van der Waals surface area contributed by atoms with Crippen molar-refractivity contribution in [2.24, 2.45) is 4.99 Å². The lowest BCUT2D eigenvalue weighted by Crippen LogP contribution is -1.96. The number of aliphatic imine (C=N–C) groups is 1. The Hall–Kier alpha value is -3.65. The fourth-order valence-corrected chi connectivity index (χ4v) is 2.40. The third-order valence-corrected chi connectivity index (χ3v) is 3.70. The van der Waals surface area contributed by atoms with Gasteiger partial charge < -0.3 is 9.52 Å². The average molecular weight is 330 g/mol. The minimum absolute atomic E-state index is 0.246. The molecule has 1 N–H and O–H groups in total. The molecule has 0 spiro atoms. The van der Waals surface area contributed by atoms with Gasteiger partial charge >= 0.3 is 5.97 Å². The highest BCUT2D eigenvalue weighted by atomic mass is 16.4. The smallest absolute Gasteiger partial charge is 0.335 e. The topological polar surface area (TPSA) is 86.6 Å². The molecule has 1 aromatic heterocycles. The van der Waals surface area contributed by atoms with Gasteiger partial charge in [-0.2, -0.15) is 5.26 Å². The largest absolute Gasteiger partial charge is 0.478 e. The van der Waals surface area contributed by atoms with Crippen molar-refractivity contribution in [2.75, 3.05) is 0 Å². The van der Waals surface area contributed by atoms with Crippen molar-refractivity contribution >= 4 is 17.9 Å². The molecule has 0 fully saturated rings. The number of carboxylic acids is 1. The second-order valence-corrected chi connectivity index (χ2v) is 5.45. The van der Waals surface area contributed by atoms with Gasteiger partial charge in [0.25, 0.3) is 0 Å². The van der Waals surface area contributed by atoms with E-state index in [1.54, 1.807) is 54.7 Å². The third kappa shape index (κ3) is 3.65. The zero-order valence-corrected chi connectivity index (χ0v) is 13.4. The minimum Gasteiger partial charge on any atom is -0.478 e. The van der Waals surface area contributed by atoms with Crippen molar-refractivity contribution in [3.8, 4) is 17.4 Å². The summed E-state index contributed by atoms with van der Waals surface area (Å²) in [7, 11) is 0. The Labute approximate surface area is 144 Å². The van der Waals surface area contributed by atoms with Gasteiger partial charge in [-0.05, 0) is 61.0 Å². The van der Waals surface area contributed by atoms with Crippen LogP contribution in [0.2, 0.25) is 0 Å². The van der Waals surface area contributed by atoms with Crippen LogP contribution in [0.25, 0.3) is 11.3 Å². The van der Waals surface area contributed by atoms with Crippen LogP contribution < -0.4 is 0 Å². The maximum absolute atomic E-state index is 11.0. The highest BCUT2D eigenvalue weighted by Gasteiger charge is 2.10. The molecule has 0 saturated carbocycles. The third-order valence-electron chi connectivity index (χ3n) is 3.70. The predicted molar refractivity (Wildman–Crippen MR) is 94.3 cm³/mol. The summed E-state index contributed by atoms with van der Waals surface area (Å²) >= 11 is 0. The maximum atomic E-state index is 11.0. The minimum atomic E-state index is -0.954. The molecule has 1 heterocycles. The van der Waals surface area contributed by atoms with E-state index in [2.05, 4.69) is 11.1 Å². The van der Waals surface area contributed by atoms with E-state index in [4.69, 9.17) is 14.8 Å². The van der Waals surface area contributed by atoms with Crippen LogP contribution in [0, 0.1) is 18.3 Å². The van der Waals surface area contributed by atoms with Gasteiger partial charge in [-0.1, -0.05) is 6.07 Å². The number of benzene rings is 2. The second-order valence-electron chi connectivity index (χ2n) is 5.45. The summed E-state index contributed by atoms with van der Waals surface area (Å²) in [5, 5.41) is 17.8. The standard InChI is InChI=1S/C20H14N2O3/c1-13-10-15(20(23)24)4-8-18(13)19-9-7-17(25-19)12-22-16-5-2-14(11-21)3-6-16/h2-10,12H,1H3,(H,23,24). The van der Waals surface area contributed by atoms with Crippen LogP contribution >= 0.6 is 0 Å². The van der Waals surface area contributed by atoms with Gasteiger partial charge in [0.2, 0.25) is 0 Å². The number of nitrogens with zero attached hydrogens (tertiary/aromatic N) is 2. The first-order chi connectivity index (χ1) is 12.1. The molecule has 5 heteroatoms.